The minimum Gasteiger partial charge on any atom is -0.508 e. The number of aromatic hydroxyl groups is 1. The second-order valence-corrected chi connectivity index (χ2v) is 5.32. The van der Waals surface area contributed by atoms with Gasteiger partial charge in [-0.2, -0.15) is 0 Å². The van der Waals surface area contributed by atoms with Gasteiger partial charge in [-0.1, -0.05) is 13.8 Å². The van der Waals surface area contributed by atoms with Crippen molar-refractivity contribution in [3.8, 4) is 5.75 Å². The molecule has 1 aromatic carbocycles. The summed E-state index contributed by atoms with van der Waals surface area (Å²) in [6.07, 6.45) is 0.440. The Morgan fingerprint density at radius 1 is 1.41 bits per heavy atom. The van der Waals surface area contributed by atoms with Crippen LogP contribution in [0.15, 0.2) is 18.2 Å². The van der Waals surface area contributed by atoms with Gasteiger partial charge >= 0.3 is 0 Å². The van der Waals surface area contributed by atoms with Gasteiger partial charge in [0.2, 0.25) is 0 Å². The molecule has 0 amide bonds. The lowest BCUT2D eigenvalue weighted by molar-refractivity contribution is -0.0729. The summed E-state index contributed by atoms with van der Waals surface area (Å²) < 4.78 is 13.0. The molecule has 0 spiro atoms. The normalized spacial score (nSPS) is 26.6. The van der Waals surface area contributed by atoms with Crippen molar-refractivity contribution in [1.29, 1.82) is 0 Å². The molecular formula is C13H18FNO2. The number of hydrogen-bond donors (Lipinski definition) is 3. The van der Waals surface area contributed by atoms with Gasteiger partial charge in [0.25, 0.3) is 0 Å². The summed E-state index contributed by atoms with van der Waals surface area (Å²) in [7, 11) is 0. The molecule has 94 valence electrons. The topological polar surface area (TPSA) is 52.5 Å². The van der Waals surface area contributed by atoms with Crippen molar-refractivity contribution in [1.82, 2.24) is 5.32 Å². The summed E-state index contributed by atoms with van der Waals surface area (Å²) >= 11 is 0. The molecule has 0 heterocycles. The van der Waals surface area contributed by atoms with E-state index >= 15 is 0 Å². The third-order valence-corrected chi connectivity index (χ3v) is 3.71. The van der Waals surface area contributed by atoms with E-state index in [0.29, 0.717) is 18.5 Å². The largest absolute Gasteiger partial charge is 0.508 e. The Kier molecular flexibility index (Phi) is 3.10. The van der Waals surface area contributed by atoms with Crippen LogP contribution in [0.1, 0.15) is 25.8 Å². The molecule has 2 unspecified atom stereocenters. The van der Waals surface area contributed by atoms with Crippen molar-refractivity contribution in [2.75, 3.05) is 0 Å². The third kappa shape index (κ3) is 2.42. The number of phenolic OH excluding ortho intramolecular Hbond substituents is 1. The van der Waals surface area contributed by atoms with Gasteiger partial charge in [-0.25, -0.2) is 4.39 Å². The van der Waals surface area contributed by atoms with Crippen LogP contribution in [0.2, 0.25) is 0 Å². The summed E-state index contributed by atoms with van der Waals surface area (Å²) in [6, 6.07) is 4.25. The summed E-state index contributed by atoms with van der Waals surface area (Å²) in [5, 5.41) is 22.1. The summed E-state index contributed by atoms with van der Waals surface area (Å²) in [4.78, 5) is 0. The van der Waals surface area contributed by atoms with Crippen LogP contribution in [0, 0.1) is 11.2 Å². The van der Waals surface area contributed by atoms with Gasteiger partial charge in [-0.15, -0.1) is 0 Å². The Morgan fingerprint density at radius 2 is 2.12 bits per heavy atom. The minimum atomic E-state index is -0.435. The highest BCUT2D eigenvalue weighted by Crippen LogP contribution is 2.40. The van der Waals surface area contributed by atoms with E-state index in [-0.39, 0.29) is 23.3 Å². The maximum absolute atomic E-state index is 13.0. The van der Waals surface area contributed by atoms with Crippen LogP contribution in [0.25, 0.3) is 0 Å². The maximum atomic E-state index is 13.0. The first-order valence-electron chi connectivity index (χ1n) is 5.79. The van der Waals surface area contributed by atoms with Crippen LogP contribution in [0.4, 0.5) is 4.39 Å². The van der Waals surface area contributed by atoms with E-state index < -0.39 is 5.82 Å². The second-order valence-electron chi connectivity index (χ2n) is 5.32. The molecular weight excluding hydrogens is 221 g/mol. The average Bonchev–Trinajstić information content (AvgIpc) is 2.22. The number of benzene rings is 1. The first kappa shape index (κ1) is 12.3. The average molecular weight is 239 g/mol. The van der Waals surface area contributed by atoms with E-state index in [1.54, 1.807) is 0 Å². The lowest BCUT2D eigenvalue weighted by Crippen LogP contribution is -2.59. The number of nitrogens with one attached hydrogen (secondary N) is 1. The highest BCUT2D eigenvalue weighted by molar-refractivity contribution is 5.28. The van der Waals surface area contributed by atoms with Crippen LogP contribution < -0.4 is 5.32 Å². The molecule has 17 heavy (non-hydrogen) atoms. The lowest BCUT2D eigenvalue weighted by Gasteiger charge is -2.49. The molecule has 2 atom stereocenters. The molecule has 0 aromatic heterocycles. The second kappa shape index (κ2) is 4.27. The van der Waals surface area contributed by atoms with Gasteiger partial charge in [0, 0.05) is 24.1 Å². The van der Waals surface area contributed by atoms with Crippen molar-refractivity contribution < 1.29 is 14.6 Å². The molecule has 1 fully saturated rings. The number of rotatable bonds is 3. The van der Waals surface area contributed by atoms with Gasteiger partial charge in [0.1, 0.15) is 11.6 Å². The molecule has 3 N–H and O–H groups in total. The number of hydrogen-bond acceptors (Lipinski definition) is 3. The summed E-state index contributed by atoms with van der Waals surface area (Å²) in [5.41, 5.74) is 0.565. The van der Waals surface area contributed by atoms with Crippen molar-refractivity contribution in [2.45, 2.75) is 39.0 Å². The molecule has 1 aliphatic rings. The van der Waals surface area contributed by atoms with E-state index in [9.17, 15) is 14.6 Å². The molecule has 1 saturated carbocycles. The Labute approximate surface area is 100 Å². The number of phenols is 1. The van der Waals surface area contributed by atoms with Crippen LogP contribution in [-0.2, 0) is 6.54 Å². The fraction of sp³-hybridized carbons (Fsp3) is 0.538. The highest BCUT2D eigenvalue weighted by atomic mass is 19.1. The zero-order chi connectivity index (χ0) is 12.6. The quantitative estimate of drug-likeness (QED) is 0.753. The molecule has 0 radical (unpaired) electrons. The summed E-state index contributed by atoms with van der Waals surface area (Å²) in [6.45, 7) is 4.50. The standard InChI is InChI=1S/C13H18FNO2/c1-13(2)11(6-12(13)17)15-7-8-3-9(14)5-10(16)4-8/h3-5,11-12,15-17H,6-7H2,1-2H3. The predicted octanol–water partition coefficient (Wildman–Crippen LogP) is 1.78. The van der Waals surface area contributed by atoms with E-state index in [1.807, 2.05) is 13.8 Å². The molecule has 1 aliphatic carbocycles. The molecule has 4 heteroatoms. The molecule has 0 bridgehead atoms. The van der Waals surface area contributed by atoms with E-state index in [4.69, 9.17) is 0 Å². The Balaban J connectivity index is 1.95. The van der Waals surface area contributed by atoms with Crippen LogP contribution in [0.3, 0.4) is 0 Å². The van der Waals surface area contributed by atoms with Crippen molar-refractivity contribution in [2.24, 2.45) is 5.41 Å². The first-order valence-corrected chi connectivity index (χ1v) is 5.79. The first-order chi connectivity index (χ1) is 7.89. The number of aliphatic hydroxyl groups is 1. The number of halogens is 1. The fourth-order valence-corrected chi connectivity index (χ4v) is 2.23. The molecule has 3 nitrogen and oxygen atoms in total. The smallest absolute Gasteiger partial charge is 0.127 e. The molecule has 0 aliphatic heterocycles. The van der Waals surface area contributed by atoms with Gasteiger partial charge < -0.3 is 15.5 Å². The number of aliphatic hydroxyl groups excluding tert-OH is 1. The fourth-order valence-electron chi connectivity index (χ4n) is 2.23. The van der Waals surface area contributed by atoms with Crippen molar-refractivity contribution in [3.63, 3.8) is 0 Å². The molecule has 1 aromatic rings. The zero-order valence-electron chi connectivity index (χ0n) is 10.1. The van der Waals surface area contributed by atoms with Gasteiger partial charge in [-0.05, 0) is 24.1 Å². The SMILES string of the molecule is CC1(C)C(O)CC1NCc1cc(O)cc(F)c1. The third-order valence-electron chi connectivity index (χ3n) is 3.71. The van der Waals surface area contributed by atoms with Gasteiger partial charge in [0.05, 0.1) is 6.10 Å². The van der Waals surface area contributed by atoms with Crippen LogP contribution >= 0.6 is 0 Å². The molecule has 2 rings (SSSR count). The van der Waals surface area contributed by atoms with Crippen LogP contribution in [-0.4, -0.2) is 22.4 Å². The lowest BCUT2D eigenvalue weighted by atomic mass is 9.64. The predicted molar refractivity (Wildman–Crippen MR) is 63.1 cm³/mol. The molecule has 0 saturated heterocycles. The van der Waals surface area contributed by atoms with Gasteiger partial charge in [-0.3, -0.25) is 0 Å². The van der Waals surface area contributed by atoms with E-state index in [1.165, 1.54) is 12.1 Å². The van der Waals surface area contributed by atoms with Crippen LogP contribution in [0.5, 0.6) is 5.75 Å². The monoisotopic (exact) mass is 239 g/mol. The van der Waals surface area contributed by atoms with Gasteiger partial charge in [0.15, 0.2) is 0 Å². The Morgan fingerprint density at radius 3 is 2.65 bits per heavy atom. The van der Waals surface area contributed by atoms with Crippen molar-refractivity contribution >= 4 is 0 Å². The highest BCUT2D eigenvalue weighted by Gasteiger charge is 2.46. The Hall–Kier alpha value is -1.13. The minimum absolute atomic E-state index is 0.0605. The van der Waals surface area contributed by atoms with E-state index in [0.717, 1.165) is 6.07 Å². The van der Waals surface area contributed by atoms with E-state index in [2.05, 4.69) is 5.32 Å². The zero-order valence-corrected chi connectivity index (χ0v) is 10.1. The van der Waals surface area contributed by atoms with Crippen molar-refractivity contribution in [3.05, 3.63) is 29.6 Å². The summed E-state index contributed by atoms with van der Waals surface area (Å²) in [5.74, 6) is -0.496. The maximum Gasteiger partial charge on any atom is 0.127 e. The Bertz CT molecular complexity index is 400.